The minimum Gasteiger partial charge on any atom is -0.454 e. The Morgan fingerprint density at radius 2 is 1.96 bits per heavy atom. The quantitative estimate of drug-likeness (QED) is 0.790. The van der Waals surface area contributed by atoms with Gasteiger partial charge in [0.05, 0.1) is 0 Å². The lowest BCUT2D eigenvalue weighted by molar-refractivity contribution is -0.158. The summed E-state index contributed by atoms with van der Waals surface area (Å²) in [6.45, 7) is 4.66. The first-order valence-electron chi connectivity index (χ1n) is 8.37. The van der Waals surface area contributed by atoms with Crippen molar-refractivity contribution in [2.75, 3.05) is 19.9 Å². The molecule has 0 bridgehead atoms. The fraction of sp³-hybridized carbons (Fsp3) is 0.556. The standard InChI is InChI=1S/C18H23NO5/c1-12(24-13(2)20)18(21)19-7-5-14(6-8-19)9-15-3-4-16-17(10-15)23-11-22-16/h3-4,10,12,14H,5-9,11H2,1-2H3. The summed E-state index contributed by atoms with van der Waals surface area (Å²) in [6.07, 6.45) is 2.17. The molecule has 1 saturated heterocycles. The number of piperidine rings is 1. The molecule has 1 unspecified atom stereocenters. The summed E-state index contributed by atoms with van der Waals surface area (Å²) in [6, 6.07) is 6.08. The predicted octanol–water partition coefficient (Wildman–Crippen LogP) is 2.15. The Labute approximate surface area is 141 Å². The van der Waals surface area contributed by atoms with E-state index in [1.807, 2.05) is 12.1 Å². The van der Waals surface area contributed by atoms with Gasteiger partial charge in [-0.3, -0.25) is 9.59 Å². The molecule has 2 aliphatic heterocycles. The second-order valence-electron chi connectivity index (χ2n) is 6.41. The van der Waals surface area contributed by atoms with Crippen LogP contribution in [0.1, 0.15) is 32.3 Å². The summed E-state index contributed by atoms with van der Waals surface area (Å²) in [4.78, 5) is 25.0. The third-order valence-corrected chi connectivity index (χ3v) is 4.58. The molecule has 6 nitrogen and oxygen atoms in total. The Morgan fingerprint density at radius 1 is 1.25 bits per heavy atom. The number of hydrogen-bond acceptors (Lipinski definition) is 5. The van der Waals surface area contributed by atoms with Gasteiger partial charge in [0.1, 0.15) is 0 Å². The fourth-order valence-corrected chi connectivity index (χ4v) is 3.32. The highest BCUT2D eigenvalue weighted by atomic mass is 16.7. The molecule has 1 amide bonds. The van der Waals surface area contributed by atoms with E-state index in [4.69, 9.17) is 14.2 Å². The molecule has 0 N–H and O–H groups in total. The van der Waals surface area contributed by atoms with Crippen molar-refractivity contribution in [3.63, 3.8) is 0 Å². The van der Waals surface area contributed by atoms with Crippen molar-refractivity contribution in [2.24, 2.45) is 5.92 Å². The van der Waals surface area contributed by atoms with Gasteiger partial charge in [-0.1, -0.05) is 6.07 Å². The zero-order valence-corrected chi connectivity index (χ0v) is 14.1. The van der Waals surface area contributed by atoms with E-state index in [1.54, 1.807) is 11.8 Å². The first-order valence-corrected chi connectivity index (χ1v) is 8.37. The molecule has 1 aromatic rings. The maximum absolute atomic E-state index is 12.2. The van der Waals surface area contributed by atoms with Gasteiger partial charge in [-0.15, -0.1) is 0 Å². The van der Waals surface area contributed by atoms with E-state index < -0.39 is 12.1 Å². The molecule has 0 spiro atoms. The van der Waals surface area contributed by atoms with Crippen LogP contribution in [0.15, 0.2) is 18.2 Å². The molecule has 24 heavy (non-hydrogen) atoms. The number of carbonyl (C=O) groups is 2. The Morgan fingerprint density at radius 3 is 2.67 bits per heavy atom. The molecule has 3 rings (SSSR count). The van der Waals surface area contributed by atoms with Gasteiger partial charge in [0.25, 0.3) is 5.91 Å². The highest BCUT2D eigenvalue weighted by molar-refractivity contribution is 5.83. The van der Waals surface area contributed by atoms with Gasteiger partial charge in [-0.25, -0.2) is 0 Å². The van der Waals surface area contributed by atoms with Crippen molar-refractivity contribution in [3.8, 4) is 11.5 Å². The minimum atomic E-state index is -0.701. The lowest BCUT2D eigenvalue weighted by Crippen LogP contribution is -2.44. The van der Waals surface area contributed by atoms with Crippen LogP contribution in [0.4, 0.5) is 0 Å². The first kappa shape index (κ1) is 16.6. The van der Waals surface area contributed by atoms with Gasteiger partial charge in [-0.2, -0.15) is 0 Å². The van der Waals surface area contributed by atoms with Crippen LogP contribution in [0.2, 0.25) is 0 Å². The van der Waals surface area contributed by atoms with Crippen molar-refractivity contribution < 1.29 is 23.8 Å². The normalized spacial score (nSPS) is 18.3. The third-order valence-electron chi connectivity index (χ3n) is 4.58. The number of likely N-dealkylation sites (tertiary alicyclic amines) is 1. The molecule has 1 aromatic carbocycles. The van der Waals surface area contributed by atoms with Crippen LogP contribution in [-0.2, 0) is 20.7 Å². The Kier molecular flexibility index (Phi) is 4.92. The van der Waals surface area contributed by atoms with E-state index in [-0.39, 0.29) is 5.91 Å². The molecule has 0 radical (unpaired) electrons. The van der Waals surface area contributed by atoms with Crippen molar-refractivity contribution >= 4 is 11.9 Å². The topological polar surface area (TPSA) is 65.1 Å². The van der Waals surface area contributed by atoms with Gasteiger partial charge in [0.2, 0.25) is 6.79 Å². The van der Waals surface area contributed by atoms with E-state index in [0.29, 0.717) is 25.8 Å². The molecular formula is C18H23NO5. The SMILES string of the molecule is CC(=O)OC(C)C(=O)N1CCC(Cc2ccc3c(c2)OCO3)CC1. The summed E-state index contributed by atoms with van der Waals surface area (Å²) < 4.78 is 15.7. The average molecular weight is 333 g/mol. The van der Waals surface area contributed by atoms with E-state index >= 15 is 0 Å². The van der Waals surface area contributed by atoms with Gasteiger partial charge in [0.15, 0.2) is 17.6 Å². The Bertz CT molecular complexity index is 622. The van der Waals surface area contributed by atoms with E-state index in [0.717, 1.165) is 30.8 Å². The minimum absolute atomic E-state index is 0.105. The summed E-state index contributed by atoms with van der Waals surface area (Å²) in [5, 5.41) is 0. The number of hydrogen-bond donors (Lipinski definition) is 0. The lowest BCUT2D eigenvalue weighted by atomic mass is 9.90. The van der Waals surface area contributed by atoms with Gasteiger partial charge < -0.3 is 19.1 Å². The van der Waals surface area contributed by atoms with Gasteiger partial charge >= 0.3 is 5.97 Å². The number of nitrogens with zero attached hydrogens (tertiary/aromatic N) is 1. The van der Waals surface area contributed by atoms with Crippen LogP contribution in [-0.4, -0.2) is 42.8 Å². The van der Waals surface area contributed by atoms with E-state index in [1.165, 1.54) is 12.5 Å². The molecule has 0 aliphatic carbocycles. The van der Waals surface area contributed by atoms with Crippen LogP contribution in [0, 0.1) is 5.92 Å². The number of carbonyl (C=O) groups excluding carboxylic acids is 2. The van der Waals surface area contributed by atoms with Crippen molar-refractivity contribution in [2.45, 2.75) is 39.2 Å². The number of ether oxygens (including phenoxy) is 3. The Hall–Kier alpha value is -2.24. The van der Waals surface area contributed by atoms with Crippen molar-refractivity contribution in [1.29, 1.82) is 0 Å². The van der Waals surface area contributed by atoms with Crippen LogP contribution >= 0.6 is 0 Å². The van der Waals surface area contributed by atoms with Crippen LogP contribution in [0.5, 0.6) is 11.5 Å². The smallest absolute Gasteiger partial charge is 0.303 e. The average Bonchev–Trinajstić information content (AvgIpc) is 3.02. The van der Waals surface area contributed by atoms with Crippen LogP contribution in [0.3, 0.4) is 0 Å². The zero-order chi connectivity index (χ0) is 17.1. The third kappa shape index (κ3) is 3.80. The lowest BCUT2D eigenvalue weighted by Gasteiger charge is -2.33. The number of fused-ring (bicyclic) bond motifs is 1. The second kappa shape index (κ2) is 7.11. The molecular weight excluding hydrogens is 310 g/mol. The zero-order valence-electron chi connectivity index (χ0n) is 14.1. The van der Waals surface area contributed by atoms with Crippen molar-refractivity contribution in [3.05, 3.63) is 23.8 Å². The second-order valence-corrected chi connectivity index (χ2v) is 6.41. The van der Waals surface area contributed by atoms with Crippen molar-refractivity contribution in [1.82, 2.24) is 4.90 Å². The molecule has 6 heteroatoms. The highest BCUT2D eigenvalue weighted by Crippen LogP contribution is 2.34. The first-order chi connectivity index (χ1) is 11.5. The summed E-state index contributed by atoms with van der Waals surface area (Å²) in [7, 11) is 0. The molecule has 2 aliphatic rings. The highest BCUT2D eigenvalue weighted by Gasteiger charge is 2.27. The molecule has 2 heterocycles. The predicted molar refractivity (Wildman–Crippen MR) is 86.8 cm³/mol. The summed E-state index contributed by atoms with van der Waals surface area (Å²) in [5.74, 6) is 1.63. The van der Waals surface area contributed by atoms with Crippen LogP contribution < -0.4 is 9.47 Å². The maximum atomic E-state index is 12.2. The fourth-order valence-electron chi connectivity index (χ4n) is 3.32. The number of benzene rings is 1. The Balaban J connectivity index is 1.50. The molecule has 1 fully saturated rings. The number of amides is 1. The number of esters is 1. The summed E-state index contributed by atoms with van der Waals surface area (Å²) in [5.41, 5.74) is 1.23. The van der Waals surface area contributed by atoms with Crippen LogP contribution in [0.25, 0.3) is 0 Å². The number of rotatable bonds is 4. The largest absolute Gasteiger partial charge is 0.454 e. The summed E-state index contributed by atoms with van der Waals surface area (Å²) >= 11 is 0. The molecule has 1 atom stereocenters. The monoisotopic (exact) mass is 333 g/mol. The maximum Gasteiger partial charge on any atom is 0.303 e. The van der Waals surface area contributed by atoms with E-state index in [2.05, 4.69) is 6.07 Å². The molecule has 0 aromatic heterocycles. The molecule has 0 saturated carbocycles. The van der Waals surface area contributed by atoms with Gasteiger partial charge in [0, 0.05) is 20.0 Å². The van der Waals surface area contributed by atoms with E-state index in [9.17, 15) is 9.59 Å². The van der Waals surface area contributed by atoms with Gasteiger partial charge in [-0.05, 0) is 49.8 Å². The molecule has 130 valence electrons.